The third-order valence-corrected chi connectivity index (χ3v) is 1.81. The summed E-state index contributed by atoms with van der Waals surface area (Å²) in [4.78, 5) is 12.3. The Morgan fingerprint density at radius 1 is 1.73 bits per heavy atom. The highest BCUT2D eigenvalue weighted by Crippen LogP contribution is 2.17. The van der Waals surface area contributed by atoms with Gasteiger partial charge >= 0.3 is 5.97 Å². The van der Waals surface area contributed by atoms with Gasteiger partial charge in [-0.2, -0.15) is 0 Å². The lowest BCUT2D eigenvalue weighted by Gasteiger charge is -2.37. The number of hydrogen-bond donors (Lipinski definition) is 1. The molecule has 1 rings (SSSR count). The summed E-state index contributed by atoms with van der Waals surface area (Å²) >= 11 is 0. The quantitative estimate of drug-likeness (QED) is 0.581. The first-order chi connectivity index (χ1) is 5.22. The summed E-state index contributed by atoms with van der Waals surface area (Å²) in [5, 5.41) is 8.41. The van der Waals surface area contributed by atoms with Crippen LogP contribution in [-0.2, 0) is 4.79 Å². The molecule has 60 valence electrons. The Bertz CT molecular complexity index is 189. The van der Waals surface area contributed by atoms with E-state index in [4.69, 9.17) is 11.5 Å². The topological polar surface area (TPSA) is 40.5 Å². The standard InChI is InChI=1S/C8H11NO2/c1-2-3-9-5-7(6-9)4-8(10)11/h1,7H,3-6H2,(H,10,11). The molecule has 0 aliphatic carbocycles. The van der Waals surface area contributed by atoms with Gasteiger partial charge < -0.3 is 5.11 Å². The molecule has 1 aliphatic rings. The van der Waals surface area contributed by atoms with Crippen LogP contribution in [-0.4, -0.2) is 35.6 Å². The first-order valence-corrected chi connectivity index (χ1v) is 3.60. The van der Waals surface area contributed by atoms with Crippen molar-refractivity contribution in [1.29, 1.82) is 0 Å². The van der Waals surface area contributed by atoms with Crippen molar-refractivity contribution in [3.05, 3.63) is 0 Å². The summed E-state index contributed by atoms with van der Waals surface area (Å²) in [6.07, 6.45) is 5.36. The molecular formula is C8H11NO2. The second-order valence-electron chi connectivity index (χ2n) is 2.86. The Labute approximate surface area is 66.0 Å². The van der Waals surface area contributed by atoms with Gasteiger partial charge in [-0.3, -0.25) is 9.69 Å². The predicted molar refractivity (Wildman–Crippen MR) is 41.0 cm³/mol. The van der Waals surface area contributed by atoms with Gasteiger partial charge in [0.2, 0.25) is 0 Å². The maximum absolute atomic E-state index is 10.2. The van der Waals surface area contributed by atoms with Crippen LogP contribution in [0, 0.1) is 18.3 Å². The van der Waals surface area contributed by atoms with Crippen LogP contribution in [0.15, 0.2) is 0 Å². The largest absolute Gasteiger partial charge is 0.481 e. The Morgan fingerprint density at radius 3 is 2.82 bits per heavy atom. The summed E-state index contributed by atoms with van der Waals surface area (Å²) in [5.41, 5.74) is 0. The summed E-state index contributed by atoms with van der Waals surface area (Å²) in [6.45, 7) is 2.34. The van der Waals surface area contributed by atoms with Gasteiger partial charge in [-0.05, 0) is 5.92 Å². The van der Waals surface area contributed by atoms with Crippen LogP contribution in [0.5, 0.6) is 0 Å². The molecule has 0 unspecified atom stereocenters. The molecule has 0 aromatic rings. The van der Waals surface area contributed by atoms with Gasteiger partial charge in [0.25, 0.3) is 0 Å². The van der Waals surface area contributed by atoms with Crippen LogP contribution < -0.4 is 0 Å². The number of aliphatic carboxylic acids is 1. The van der Waals surface area contributed by atoms with Crippen molar-refractivity contribution in [2.45, 2.75) is 6.42 Å². The fraction of sp³-hybridized carbons (Fsp3) is 0.625. The first kappa shape index (κ1) is 8.09. The molecule has 1 N–H and O–H groups in total. The molecule has 0 bridgehead atoms. The van der Waals surface area contributed by atoms with E-state index in [2.05, 4.69) is 10.8 Å². The first-order valence-electron chi connectivity index (χ1n) is 3.60. The van der Waals surface area contributed by atoms with Crippen LogP contribution in [0.4, 0.5) is 0 Å². The minimum atomic E-state index is -0.713. The van der Waals surface area contributed by atoms with E-state index in [-0.39, 0.29) is 6.42 Å². The minimum Gasteiger partial charge on any atom is -0.481 e. The monoisotopic (exact) mass is 153 g/mol. The molecule has 1 heterocycles. The van der Waals surface area contributed by atoms with Crippen molar-refractivity contribution < 1.29 is 9.90 Å². The van der Waals surface area contributed by atoms with Crippen molar-refractivity contribution in [2.24, 2.45) is 5.92 Å². The number of rotatable bonds is 3. The predicted octanol–water partition coefficient (Wildman–Crippen LogP) is 0.0261. The lowest BCUT2D eigenvalue weighted by atomic mass is 9.97. The van der Waals surface area contributed by atoms with E-state index in [1.807, 2.05) is 0 Å². The number of nitrogens with zero attached hydrogens (tertiary/aromatic N) is 1. The van der Waals surface area contributed by atoms with Crippen molar-refractivity contribution in [3.63, 3.8) is 0 Å². The molecule has 0 spiro atoms. The zero-order valence-corrected chi connectivity index (χ0v) is 6.29. The summed E-state index contributed by atoms with van der Waals surface area (Å²) in [5.74, 6) is 2.13. The number of carboxylic acids is 1. The zero-order valence-electron chi connectivity index (χ0n) is 6.29. The van der Waals surface area contributed by atoms with E-state index in [0.717, 1.165) is 13.1 Å². The van der Waals surface area contributed by atoms with Gasteiger partial charge in [-0.1, -0.05) is 5.92 Å². The van der Waals surface area contributed by atoms with Crippen LogP contribution in [0.25, 0.3) is 0 Å². The van der Waals surface area contributed by atoms with Crippen LogP contribution in [0.1, 0.15) is 6.42 Å². The molecule has 1 aliphatic heterocycles. The Balaban J connectivity index is 2.10. The number of hydrogen-bond acceptors (Lipinski definition) is 2. The maximum atomic E-state index is 10.2. The zero-order chi connectivity index (χ0) is 8.27. The highest BCUT2D eigenvalue weighted by molar-refractivity contribution is 5.67. The number of terminal acetylenes is 1. The second-order valence-corrected chi connectivity index (χ2v) is 2.86. The molecule has 1 saturated heterocycles. The van der Waals surface area contributed by atoms with Crippen molar-refractivity contribution in [3.8, 4) is 12.3 Å². The van der Waals surface area contributed by atoms with Crippen LogP contribution in [0.3, 0.4) is 0 Å². The fourth-order valence-corrected chi connectivity index (χ4v) is 1.31. The maximum Gasteiger partial charge on any atom is 0.303 e. The molecule has 0 atom stereocenters. The van der Waals surface area contributed by atoms with E-state index in [0.29, 0.717) is 12.5 Å². The molecule has 3 nitrogen and oxygen atoms in total. The van der Waals surface area contributed by atoms with E-state index in [9.17, 15) is 4.79 Å². The van der Waals surface area contributed by atoms with E-state index in [1.54, 1.807) is 0 Å². The van der Waals surface area contributed by atoms with Gasteiger partial charge in [-0.15, -0.1) is 6.42 Å². The number of carbonyl (C=O) groups is 1. The molecule has 0 saturated carbocycles. The molecule has 0 aromatic heterocycles. The van der Waals surface area contributed by atoms with Gasteiger partial charge in [0.15, 0.2) is 0 Å². The normalized spacial score (nSPS) is 18.8. The summed E-state index contributed by atoms with van der Waals surface area (Å²) in [7, 11) is 0. The van der Waals surface area contributed by atoms with Gasteiger partial charge in [0.05, 0.1) is 13.0 Å². The smallest absolute Gasteiger partial charge is 0.303 e. The highest BCUT2D eigenvalue weighted by Gasteiger charge is 2.27. The Hall–Kier alpha value is -1.01. The van der Waals surface area contributed by atoms with Gasteiger partial charge in [0, 0.05) is 13.1 Å². The van der Waals surface area contributed by atoms with E-state index < -0.39 is 5.97 Å². The van der Waals surface area contributed by atoms with E-state index >= 15 is 0 Å². The lowest BCUT2D eigenvalue weighted by molar-refractivity contribution is -0.139. The number of likely N-dealkylation sites (tertiary alicyclic amines) is 1. The van der Waals surface area contributed by atoms with E-state index in [1.165, 1.54) is 0 Å². The molecule has 0 aromatic carbocycles. The van der Waals surface area contributed by atoms with Crippen LogP contribution in [0.2, 0.25) is 0 Å². The molecule has 1 fully saturated rings. The summed E-state index contributed by atoms with van der Waals surface area (Å²) in [6, 6.07) is 0. The fourth-order valence-electron chi connectivity index (χ4n) is 1.31. The van der Waals surface area contributed by atoms with Gasteiger partial charge in [0.1, 0.15) is 0 Å². The molecule has 0 amide bonds. The summed E-state index contributed by atoms with van der Waals surface area (Å²) < 4.78 is 0. The average Bonchev–Trinajstić information content (AvgIpc) is 1.82. The highest BCUT2D eigenvalue weighted by atomic mass is 16.4. The van der Waals surface area contributed by atoms with Crippen molar-refractivity contribution in [2.75, 3.05) is 19.6 Å². The number of carboxylic acid groups (broad SMARTS) is 1. The molecular weight excluding hydrogens is 142 g/mol. The van der Waals surface area contributed by atoms with Crippen molar-refractivity contribution >= 4 is 5.97 Å². The van der Waals surface area contributed by atoms with Crippen LogP contribution >= 0.6 is 0 Å². The second kappa shape index (κ2) is 3.40. The van der Waals surface area contributed by atoms with Gasteiger partial charge in [-0.25, -0.2) is 0 Å². The Morgan fingerprint density at radius 2 is 2.36 bits per heavy atom. The lowest BCUT2D eigenvalue weighted by Crippen LogP contribution is -2.47. The molecule has 0 radical (unpaired) electrons. The average molecular weight is 153 g/mol. The third-order valence-electron chi connectivity index (χ3n) is 1.81. The Kier molecular flexibility index (Phi) is 2.50. The third kappa shape index (κ3) is 2.24. The van der Waals surface area contributed by atoms with Crippen molar-refractivity contribution in [1.82, 2.24) is 4.90 Å². The molecule has 3 heteroatoms. The SMILES string of the molecule is C#CCN1CC(CC(=O)O)C1. The minimum absolute atomic E-state index is 0.279. The molecule has 11 heavy (non-hydrogen) atoms.